The fourth-order valence-corrected chi connectivity index (χ4v) is 1.49. The summed E-state index contributed by atoms with van der Waals surface area (Å²) in [5.41, 5.74) is 1.73. The van der Waals surface area contributed by atoms with Crippen LogP contribution in [0.2, 0.25) is 0 Å². The fourth-order valence-electron chi connectivity index (χ4n) is 1.37. The van der Waals surface area contributed by atoms with Gasteiger partial charge in [-0.2, -0.15) is 0 Å². The second-order valence-electron chi connectivity index (χ2n) is 2.89. The smallest absolute Gasteiger partial charge is 0.199 e. The highest BCUT2D eigenvalue weighted by Gasteiger charge is 2.04. The topological polar surface area (TPSA) is 26.5 Å². The summed E-state index contributed by atoms with van der Waals surface area (Å²) < 4.78 is 7.36. The average molecular weight is 211 g/mol. The minimum atomic E-state index is 0.424. The van der Waals surface area contributed by atoms with Crippen molar-refractivity contribution in [2.24, 2.45) is 0 Å². The number of fused-ring (bicyclic) bond motifs is 1. The van der Waals surface area contributed by atoms with Crippen LogP contribution in [0, 0.1) is 0 Å². The predicted molar refractivity (Wildman–Crippen MR) is 55.9 cm³/mol. The molecule has 14 heavy (non-hydrogen) atoms. The Hall–Kier alpha value is -1.22. The molecule has 74 valence electrons. The van der Waals surface area contributed by atoms with Gasteiger partial charge >= 0.3 is 0 Å². The average Bonchev–Trinajstić information content (AvgIpc) is 2.62. The molecule has 0 spiro atoms. The van der Waals surface area contributed by atoms with E-state index in [1.54, 1.807) is 0 Å². The van der Waals surface area contributed by atoms with Gasteiger partial charge < -0.3 is 4.74 Å². The lowest BCUT2D eigenvalue weighted by atomic mass is 10.4. The summed E-state index contributed by atoms with van der Waals surface area (Å²) in [5, 5.41) is 0. The summed E-state index contributed by atoms with van der Waals surface area (Å²) >= 11 is 5.71. The van der Waals surface area contributed by atoms with E-state index in [-0.39, 0.29) is 0 Å². The predicted octanol–water partition coefficient (Wildman–Crippen LogP) is 2.47. The molecule has 4 heteroatoms. The van der Waals surface area contributed by atoms with Gasteiger partial charge in [0.15, 0.2) is 5.88 Å². The first-order valence-electron chi connectivity index (χ1n) is 4.51. The van der Waals surface area contributed by atoms with Crippen LogP contribution < -0.4 is 4.74 Å². The monoisotopic (exact) mass is 210 g/mol. The molecule has 0 atom stereocenters. The second kappa shape index (κ2) is 3.88. The van der Waals surface area contributed by atoms with Gasteiger partial charge in [-0.3, -0.25) is 4.40 Å². The Morgan fingerprint density at radius 3 is 3.07 bits per heavy atom. The molecule has 2 aromatic rings. The van der Waals surface area contributed by atoms with Crippen LogP contribution in [-0.2, 0) is 5.88 Å². The van der Waals surface area contributed by atoms with Crippen molar-refractivity contribution in [2.45, 2.75) is 12.8 Å². The van der Waals surface area contributed by atoms with E-state index in [0.29, 0.717) is 12.5 Å². The molecule has 2 aromatic heterocycles. The third-order valence-corrected chi connectivity index (χ3v) is 2.21. The number of rotatable bonds is 3. The van der Waals surface area contributed by atoms with E-state index in [2.05, 4.69) is 4.98 Å². The van der Waals surface area contributed by atoms with Crippen LogP contribution in [0.1, 0.15) is 12.6 Å². The normalized spacial score (nSPS) is 10.7. The number of pyridine rings is 1. The SMILES string of the molecule is CCOc1cccc2nc(CCl)cn12. The highest BCUT2D eigenvalue weighted by atomic mass is 35.5. The molecule has 2 rings (SSSR count). The Morgan fingerprint density at radius 2 is 2.36 bits per heavy atom. The van der Waals surface area contributed by atoms with Crippen LogP contribution in [0.15, 0.2) is 24.4 Å². The molecular weight excluding hydrogens is 200 g/mol. The molecule has 0 fully saturated rings. The fraction of sp³-hybridized carbons (Fsp3) is 0.300. The quantitative estimate of drug-likeness (QED) is 0.728. The molecule has 0 aliphatic rings. The standard InChI is InChI=1S/C10H11ClN2O/c1-2-14-10-5-3-4-9-12-8(6-11)7-13(9)10/h3-5,7H,2,6H2,1H3. The van der Waals surface area contributed by atoms with Crippen molar-refractivity contribution in [3.63, 3.8) is 0 Å². The lowest BCUT2D eigenvalue weighted by molar-refractivity contribution is 0.322. The number of halogens is 1. The molecule has 2 heterocycles. The van der Waals surface area contributed by atoms with Crippen molar-refractivity contribution in [3.8, 4) is 5.88 Å². The number of hydrogen-bond donors (Lipinski definition) is 0. The maximum absolute atomic E-state index is 5.71. The lowest BCUT2D eigenvalue weighted by Gasteiger charge is -2.04. The third-order valence-electron chi connectivity index (χ3n) is 1.93. The Morgan fingerprint density at radius 1 is 1.50 bits per heavy atom. The van der Waals surface area contributed by atoms with E-state index in [0.717, 1.165) is 17.2 Å². The molecule has 0 bridgehead atoms. The Kier molecular flexibility index (Phi) is 2.59. The Balaban J connectivity index is 2.55. The lowest BCUT2D eigenvalue weighted by Crippen LogP contribution is -1.97. The van der Waals surface area contributed by atoms with Crippen LogP contribution in [0.25, 0.3) is 5.65 Å². The molecule has 0 amide bonds. The highest BCUT2D eigenvalue weighted by Crippen LogP contribution is 2.16. The van der Waals surface area contributed by atoms with Crippen molar-refractivity contribution in [3.05, 3.63) is 30.1 Å². The summed E-state index contributed by atoms with van der Waals surface area (Å²) in [6.07, 6.45) is 1.90. The second-order valence-corrected chi connectivity index (χ2v) is 3.16. The molecule has 0 saturated carbocycles. The highest BCUT2D eigenvalue weighted by molar-refractivity contribution is 6.16. The number of alkyl halides is 1. The molecule has 0 unspecified atom stereocenters. The number of imidazole rings is 1. The minimum Gasteiger partial charge on any atom is -0.479 e. The largest absolute Gasteiger partial charge is 0.479 e. The van der Waals surface area contributed by atoms with Gasteiger partial charge in [-0.05, 0) is 19.1 Å². The van der Waals surface area contributed by atoms with E-state index < -0.39 is 0 Å². The van der Waals surface area contributed by atoms with Gasteiger partial charge in [0.05, 0.1) is 18.2 Å². The number of hydrogen-bond acceptors (Lipinski definition) is 2. The van der Waals surface area contributed by atoms with Crippen molar-refractivity contribution in [1.29, 1.82) is 0 Å². The van der Waals surface area contributed by atoms with Crippen LogP contribution in [0.5, 0.6) is 5.88 Å². The van der Waals surface area contributed by atoms with Gasteiger partial charge in [-0.15, -0.1) is 11.6 Å². The van der Waals surface area contributed by atoms with E-state index in [4.69, 9.17) is 16.3 Å². The molecule has 0 aliphatic heterocycles. The molecule has 0 aliphatic carbocycles. The van der Waals surface area contributed by atoms with E-state index >= 15 is 0 Å². The van der Waals surface area contributed by atoms with E-state index in [1.165, 1.54) is 0 Å². The summed E-state index contributed by atoms with van der Waals surface area (Å²) in [4.78, 5) is 4.33. The first-order chi connectivity index (χ1) is 6.85. The van der Waals surface area contributed by atoms with E-state index in [1.807, 2.05) is 35.7 Å². The van der Waals surface area contributed by atoms with Gasteiger partial charge in [0.2, 0.25) is 0 Å². The summed E-state index contributed by atoms with van der Waals surface area (Å²) in [7, 11) is 0. The summed E-state index contributed by atoms with van der Waals surface area (Å²) in [6.45, 7) is 2.60. The molecule has 0 saturated heterocycles. The van der Waals surface area contributed by atoms with Gasteiger partial charge in [0.1, 0.15) is 5.65 Å². The van der Waals surface area contributed by atoms with Crippen LogP contribution >= 0.6 is 11.6 Å². The third kappa shape index (κ3) is 1.55. The summed E-state index contributed by atoms with van der Waals surface area (Å²) in [6, 6.07) is 5.76. The molecule has 0 aromatic carbocycles. The van der Waals surface area contributed by atoms with Crippen LogP contribution in [0.3, 0.4) is 0 Å². The van der Waals surface area contributed by atoms with Crippen molar-refractivity contribution >= 4 is 17.2 Å². The van der Waals surface area contributed by atoms with Crippen molar-refractivity contribution in [2.75, 3.05) is 6.61 Å². The zero-order chi connectivity index (χ0) is 9.97. The minimum absolute atomic E-state index is 0.424. The molecule has 0 N–H and O–H groups in total. The van der Waals surface area contributed by atoms with Crippen molar-refractivity contribution < 1.29 is 4.74 Å². The van der Waals surface area contributed by atoms with Crippen LogP contribution in [0.4, 0.5) is 0 Å². The zero-order valence-electron chi connectivity index (χ0n) is 7.90. The molecular formula is C10H11ClN2O. The van der Waals surface area contributed by atoms with Crippen LogP contribution in [-0.4, -0.2) is 16.0 Å². The maximum Gasteiger partial charge on any atom is 0.199 e. The first kappa shape index (κ1) is 9.34. The Labute approximate surface area is 87.3 Å². The number of aromatic nitrogens is 2. The number of nitrogens with zero attached hydrogens (tertiary/aromatic N) is 2. The van der Waals surface area contributed by atoms with E-state index in [9.17, 15) is 0 Å². The molecule has 0 radical (unpaired) electrons. The first-order valence-corrected chi connectivity index (χ1v) is 5.04. The van der Waals surface area contributed by atoms with Gasteiger partial charge in [0.25, 0.3) is 0 Å². The van der Waals surface area contributed by atoms with Gasteiger partial charge in [-0.25, -0.2) is 4.98 Å². The maximum atomic E-state index is 5.71. The number of ether oxygens (including phenoxy) is 1. The van der Waals surface area contributed by atoms with Crippen molar-refractivity contribution in [1.82, 2.24) is 9.38 Å². The van der Waals surface area contributed by atoms with Gasteiger partial charge in [-0.1, -0.05) is 6.07 Å². The Bertz CT molecular complexity index is 439. The van der Waals surface area contributed by atoms with Gasteiger partial charge in [0, 0.05) is 6.20 Å². The summed E-state index contributed by atoms with van der Waals surface area (Å²) in [5.74, 6) is 1.22. The molecule has 3 nitrogen and oxygen atoms in total. The zero-order valence-corrected chi connectivity index (χ0v) is 8.66.